The van der Waals surface area contributed by atoms with Crippen molar-refractivity contribution in [3.8, 4) is 11.5 Å². The number of ether oxygens (including phenoxy) is 1. The highest BCUT2D eigenvalue weighted by atomic mass is 35.5. The van der Waals surface area contributed by atoms with Gasteiger partial charge in [0.25, 0.3) is 0 Å². The van der Waals surface area contributed by atoms with Gasteiger partial charge in [0.15, 0.2) is 11.2 Å². The molecule has 0 amide bonds. The molecule has 8 nitrogen and oxygen atoms in total. The molecule has 0 radical (unpaired) electrons. The number of phenolic OH excluding ortho intramolecular Hbond substituents is 1. The third-order valence-corrected chi connectivity index (χ3v) is 8.55. The Labute approximate surface area is 289 Å². The maximum absolute atomic E-state index is 13.7. The zero-order valence-electron chi connectivity index (χ0n) is 26.9. The summed E-state index contributed by atoms with van der Waals surface area (Å²) >= 11 is 11.4. The Kier molecular flexibility index (Phi) is 13.1. The van der Waals surface area contributed by atoms with Gasteiger partial charge >= 0.3 is 5.97 Å². The maximum atomic E-state index is 13.7. The van der Waals surface area contributed by atoms with Crippen molar-refractivity contribution in [2.75, 3.05) is 6.61 Å². The van der Waals surface area contributed by atoms with Crippen molar-refractivity contribution in [3.05, 3.63) is 115 Å². The number of rotatable bonds is 16. The number of aromatic carboxylic acids is 1. The third-order valence-electron chi connectivity index (χ3n) is 8.03. The van der Waals surface area contributed by atoms with E-state index in [0.29, 0.717) is 51.8 Å². The Hall–Kier alpha value is -4.31. The Morgan fingerprint density at radius 2 is 1.94 bits per heavy atom. The highest BCUT2D eigenvalue weighted by Gasteiger charge is 2.31. The van der Waals surface area contributed by atoms with Gasteiger partial charge < -0.3 is 24.5 Å². The Morgan fingerprint density at radius 1 is 1.15 bits per heavy atom. The number of carbonyl (C=O) groups is 2. The third kappa shape index (κ3) is 8.98. The molecule has 48 heavy (non-hydrogen) atoms. The van der Waals surface area contributed by atoms with Crippen LogP contribution in [0.4, 0.5) is 0 Å². The smallest absolute Gasteiger partial charge is 0.372 e. The fourth-order valence-electron chi connectivity index (χ4n) is 5.62. The molecule has 2 atom stereocenters. The van der Waals surface area contributed by atoms with Crippen LogP contribution in [0.5, 0.6) is 11.5 Å². The van der Waals surface area contributed by atoms with Crippen LogP contribution in [0.1, 0.15) is 102 Å². The lowest BCUT2D eigenvalue weighted by molar-refractivity contribution is 0.0650. The number of aliphatic hydroxyl groups is 1. The van der Waals surface area contributed by atoms with E-state index >= 15 is 0 Å². The van der Waals surface area contributed by atoms with Crippen molar-refractivity contribution in [1.82, 2.24) is 0 Å². The standard InChI is InChI=1S/C38H39ClO8S/c1-3-12-28-31(19-18-27(23(2)40)35(28)42)46-20-10-8-6-4-5-7-9-15-30(34(41)24-13-11-14-25(39)21-24)33-36(43)29-17-16-26(48)22-32(29)47-37(33)38(44)45/h5,7,9,11,13-15,17-19,21-22,30,34,41-42H,3-4,6,8,10,12,16,20H2,1-2H3,(H,44,45)/b7-5-,15-9+/t30-,34-/m0/s1. The summed E-state index contributed by atoms with van der Waals surface area (Å²) in [5.41, 5.74) is 0.757. The maximum Gasteiger partial charge on any atom is 0.372 e. The van der Waals surface area contributed by atoms with Gasteiger partial charge in [-0.25, -0.2) is 4.79 Å². The van der Waals surface area contributed by atoms with Crippen LogP contribution in [0.3, 0.4) is 0 Å². The number of ketones is 1. The number of hydrogen-bond donors (Lipinski definition) is 3. The van der Waals surface area contributed by atoms with Crippen LogP contribution in [0.25, 0.3) is 12.2 Å². The molecule has 3 N–H and O–H groups in total. The number of fused-ring (bicyclic) bond motifs is 1. The second-order valence-corrected chi connectivity index (χ2v) is 12.5. The largest absolute Gasteiger partial charge is 0.507 e. The second kappa shape index (κ2) is 17.2. The number of allylic oxidation sites excluding steroid dienone is 3. The van der Waals surface area contributed by atoms with Crippen LogP contribution in [0.2, 0.25) is 5.02 Å². The zero-order valence-corrected chi connectivity index (χ0v) is 28.5. The highest BCUT2D eigenvalue weighted by Crippen LogP contribution is 2.34. The summed E-state index contributed by atoms with van der Waals surface area (Å²) in [4.78, 5) is 38.3. The van der Waals surface area contributed by atoms with Gasteiger partial charge in [0.2, 0.25) is 5.76 Å². The first-order valence-corrected chi connectivity index (χ1v) is 16.7. The van der Waals surface area contributed by atoms with Crippen molar-refractivity contribution in [1.29, 1.82) is 0 Å². The number of benzene rings is 2. The molecule has 2 aromatic carbocycles. The molecule has 1 aliphatic carbocycles. The summed E-state index contributed by atoms with van der Waals surface area (Å²) in [5.74, 6) is -2.64. The van der Waals surface area contributed by atoms with Gasteiger partial charge in [-0.15, -0.1) is 0 Å². The minimum Gasteiger partial charge on any atom is -0.507 e. The predicted molar refractivity (Wildman–Crippen MR) is 191 cm³/mol. The van der Waals surface area contributed by atoms with Crippen molar-refractivity contribution >= 4 is 52.6 Å². The van der Waals surface area contributed by atoms with Crippen molar-refractivity contribution in [2.45, 2.75) is 70.8 Å². The van der Waals surface area contributed by atoms with E-state index in [2.05, 4.69) is 0 Å². The van der Waals surface area contributed by atoms with Crippen LogP contribution in [-0.2, 0) is 6.42 Å². The van der Waals surface area contributed by atoms with Gasteiger partial charge in [0.05, 0.1) is 29.1 Å². The van der Waals surface area contributed by atoms with Gasteiger partial charge in [0, 0.05) is 27.8 Å². The minimum atomic E-state index is -1.43. The molecule has 0 aliphatic heterocycles. The molecule has 1 heterocycles. The summed E-state index contributed by atoms with van der Waals surface area (Å²) in [6.45, 7) is 3.90. The highest BCUT2D eigenvalue weighted by molar-refractivity contribution is 7.81. The first-order chi connectivity index (χ1) is 23.0. The average Bonchev–Trinajstić information content (AvgIpc) is 3.04. The molecular weight excluding hydrogens is 652 g/mol. The predicted octanol–water partition coefficient (Wildman–Crippen LogP) is 6.76. The second-order valence-electron chi connectivity index (χ2n) is 11.6. The molecule has 1 aliphatic rings. The number of aromatic hydroxyl groups is 1. The quantitative estimate of drug-likeness (QED) is 0.0645. The number of thiocarbonyl (C=S) groups is 1. The van der Waals surface area contributed by atoms with Gasteiger partial charge in [-0.2, -0.15) is 0 Å². The van der Waals surface area contributed by atoms with Crippen molar-refractivity contribution in [3.63, 3.8) is 0 Å². The number of aliphatic hydroxyl groups excluding tert-OH is 1. The van der Waals surface area contributed by atoms with E-state index in [0.717, 1.165) is 32.1 Å². The number of phenols is 1. The topological polar surface area (TPSA) is 134 Å². The normalized spacial score (nSPS) is 14.0. The van der Waals surface area contributed by atoms with E-state index in [9.17, 15) is 29.7 Å². The molecule has 0 fully saturated rings. The van der Waals surface area contributed by atoms with Crippen LogP contribution in [-0.4, -0.2) is 38.5 Å². The minimum absolute atomic E-state index is 0.00414. The number of hydrogen-bond acceptors (Lipinski definition) is 8. The molecule has 0 saturated heterocycles. The number of carboxylic acids is 1. The SMILES string of the molecule is CCCc1c(OCCCCC/C=C\C=C\[C@@H](c2c(C(=O)O)oc3c(c2=O)=CCC(=S)C=3)[C@@H](O)c2cccc(Cl)c2)ccc(C(C)=O)c1O. The van der Waals surface area contributed by atoms with Crippen LogP contribution >= 0.6 is 23.8 Å². The van der Waals surface area contributed by atoms with Crippen LogP contribution in [0, 0.1) is 0 Å². The van der Waals surface area contributed by atoms with Gasteiger partial charge in [-0.3, -0.25) is 9.59 Å². The molecular formula is C38H39ClO8S. The fraction of sp³-hybridized carbons (Fsp3) is 0.316. The van der Waals surface area contributed by atoms with Crippen LogP contribution < -0.4 is 20.8 Å². The molecule has 10 heteroatoms. The summed E-state index contributed by atoms with van der Waals surface area (Å²) < 4.78 is 11.6. The van der Waals surface area contributed by atoms with E-state index in [-0.39, 0.29) is 27.7 Å². The summed E-state index contributed by atoms with van der Waals surface area (Å²) in [6.07, 6.45) is 13.9. The molecule has 1 aromatic heterocycles. The molecule has 0 bridgehead atoms. The number of unbranched alkanes of at least 4 members (excludes halogenated alkanes) is 3. The lowest BCUT2D eigenvalue weighted by Gasteiger charge is -2.21. The van der Waals surface area contributed by atoms with Crippen LogP contribution in [0.15, 0.2) is 69.9 Å². The fourth-order valence-corrected chi connectivity index (χ4v) is 6.01. The molecule has 0 unspecified atom stereocenters. The first kappa shape index (κ1) is 36.5. The van der Waals surface area contributed by atoms with E-state index in [4.69, 9.17) is 33.0 Å². The van der Waals surface area contributed by atoms with Gasteiger partial charge in [0.1, 0.15) is 16.9 Å². The number of carbonyl (C=O) groups excluding carboxylic acids is 1. The lowest BCUT2D eigenvalue weighted by atomic mass is 9.87. The summed E-state index contributed by atoms with van der Waals surface area (Å²) in [5, 5.41) is 32.6. The monoisotopic (exact) mass is 690 g/mol. The zero-order chi connectivity index (χ0) is 34.8. The molecule has 252 valence electrons. The van der Waals surface area contributed by atoms with Crippen molar-refractivity contribution < 1.29 is 34.1 Å². The van der Waals surface area contributed by atoms with Gasteiger partial charge in [-0.05, 0) is 74.9 Å². The van der Waals surface area contributed by atoms with E-state index in [1.54, 1.807) is 60.7 Å². The molecule has 0 spiro atoms. The average molecular weight is 691 g/mol. The van der Waals surface area contributed by atoms with Gasteiger partial charge in [-0.1, -0.05) is 79.7 Å². The van der Waals surface area contributed by atoms with E-state index < -0.39 is 29.2 Å². The van der Waals surface area contributed by atoms with Crippen molar-refractivity contribution in [2.24, 2.45) is 0 Å². The summed E-state index contributed by atoms with van der Waals surface area (Å²) in [7, 11) is 0. The number of Topliss-reactive ketones (excluding diaryl/α,β-unsaturated/α-hetero) is 1. The lowest BCUT2D eigenvalue weighted by Crippen LogP contribution is -2.45. The Bertz CT molecular complexity index is 1920. The summed E-state index contributed by atoms with van der Waals surface area (Å²) in [6, 6.07) is 9.89. The number of carboxylic acid groups (broad SMARTS) is 1. The number of halogens is 1. The molecule has 4 rings (SSSR count). The van der Waals surface area contributed by atoms with E-state index in [1.165, 1.54) is 13.0 Å². The Morgan fingerprint density at radius 3 is 2.65 bits per heavy atom. The first-order valence-electron chi connectivity index (χ1n) is 15.9. The Balaban J connectivity index is 1.44. The molecule has 0 saturated carbocycles. The van der Waals surface area contributed by atoms with E-state index in [1.807, 2.05) is 13.0 Å². The molecule has 3 aromatic rings.